The number of unbranched alkanes of at least 4 members (excludes halogenated alkanes) is 3. The summed E-state index contributed by atoms with van der Waals surface area (Å²) in [5, 5.41) is 7.75. The number of carbonyl (C=O) groups excluding carboxylic acids is 3. The van der Waals surface area contributed by atoms with E-state index in [1.54, 1.807) is 25.7 Å². The molecule has 3 amide bonds. The highest BCUT2D eigenvalue weighted by molar-refractivity contribution is 6.00. The van der Waals surface area contributed by atoms with Crippen LogP contribution in [0.3, 0.4) is 0 Å². The largest absolute Gasteiger partial charge is 0.444 e. The SMILES string of the molecule is CCCCCCN(C(=O)CNC(=O)OC(C)(C)C)C(C(=O)Nc1ccc2ccccc2c1)c1c(C)cccc1C. The van der Waals surface area contributed by atoms with E-state index in [-0.39, 0.29) is 18.4 Å². The van der Waals surface area contributed by atoms with Crippen LogP contribution in [0.4, 0.5) is 10.5 Å². The fraction of sp³-hybridized carbons (Fsp3) is 0.424. The molecule has 7 nitrogen and oxygen atoms in total. The predicted octanol–water partition coefficient (Wildman–Crippen LogP) is 7.07. The summed E-state index contributed by atoms with van der Waals surface area (Å²) in [7, 11) is 0. The maximum atomic E-state index is 14.1. The van der Waals surface area contributed by atoms with E-state index < -0.39 is 17.7 Å². The van der Waals surface area contributed by atoms with Crippen molar-refractivity contribution in [2.45, 2.75) is 78.9 Å². The number of nitrogens with one attached hydrogen (secondary N) is 2. The topological polar surface area (TPSA) is 87.7 Å². The number of hydrogen-bond acceptors (Lipinski definition) is 4. The highest BCUT2D eigenvalue weighted by atomic mass is 16.6. The first kappa shape index (κ1) is 30.7. The second-order valence-corrected chi connectivity index (χ2v) is 11.3. The Morgan fingerprint density at radius 3 is 2.20 bits per heavy atom. The van der Waals surface area contributed by atoms with Crippen molar-refractivity contribution in [1.29, 1.82) is 0 Å². The molecule has 1 unspecified atom stereocenters. The average Bonchev–Trinajstić information content (AvgIpc) is 2.89. The Morgan fingerprint density at radius 1 is 0.875 bits per heavy atom. The zero-order valence-corrected chi connectivity index (χ0v) is 24.7. The van der Waals surface area contributed by atoms with Gasteiger partial charge in [-0.2, -0.15) is 0 Å². The maximum absolute atomic E-state index is 14.1. The number of alkyl carbamates (subject to hydrolysis) is 1. The highest BCUT2D eigenvalue weighted by Crippen LogP contribution is 2.30. The van der Waals surface area contributed by atoms with Crippen molar-refractivity contribution in [3.8, 4) is 0 Å². The summed E-state index contributed by atoms with van der Waals surface area (Å²) in [6.45, 7) is 11.5. The van der Waals surface area contributed by atoms with E-state index in [1.807, 2.05) is 74.5 Å². The standard InChI is InChI=1S/C33H43N3O4/c1-7-8-9-12-20-36(28(37)22-34-32(39)40-33(4,5)6)30(29-23(2)14-13-15-24(29)3)31(38)35-27-19-18-25-16-10-11-17-26(25)21-27/h10-11,13-19,21,30H,7-9,12,20,22H2,1-6H3,(H,34,39)(H,35,38). The fourth-order valence-electron chi connectivity index (χ4n) is 4.84. The van der Waals surface area contributed by atoms with Crippen LogP contribution in [-0.2, 0) is 14.3 Å². The quantitative estimate of drug-likeness (QED) is 0.252. The van der Waals surface area contributed by atoms with Gasteiger partial charge < -0.3 is 20.3 Å². The number of anilines is 1. The summed E-state index contributed by atoms with van der Waals surface area (Å²) in [6, 6.07) is 18.7. The van der Waals surface area contributed by atoms with Crippen molar-refractivity contribution in [2.75, 3.05) is 18.4 Å². The number of rotatable bonds is 11. The van der Waals surface area contributed by atoms with Crippen LogP contribution in [0.5, 0.6) is 0 Å². The molecule has 0 spiro atoms. The molecule has 0 saturated carbocycles. The Kier molecular flexibility index (Phi) is 10.7. The summed E-state index contributed by atoms with van der Waals surface area (Å²) in [5.74, 6) is -0.641. The van der Waals surface area contributed by atoms with Crippen molar-refractivity contribution in [3.63, 3.8) is 0 Å². The first-order valence-electron chi connectivity index (χ1n) is 14.1. The van der Waals surface area contributed by atoms with E-state index in [0.717, 1.165) is 53.1 Å². The van der Waals surface area contributed by atoms with Crippen LogP contribution >= 0.6 is 0 Å². The molecule has 0 radical (unpaired) electrons. The number of aryl methyl sites for hydroxylation is 2. The molecule has 0 saturated heterocycles. The number of hydrogen-bond donors (Lipinski definition) is 2. The lowest BCUT2D eigenvalue weighted by Gasteiger charge is -2.33. The minimum absolute atomic E-state index is 0.270. The molecule has 3 aromatic rings. The van der Waals surface area contributed by atoms with E-state index >= 15 is 0 Å². The van der Waals surface area contributed by atoms with Gasteiger partial charge in [-0.15, -0.1) is 0 Å². The van der Waals surface area contributed by atoms with Crippen molar-refractivity contribution in [2.24, 2.45) is 0 Å². The van der Waals surface area contributed by atoms with Gasteiger partial charge in [0.25, 0.3) is 5.91 Å². The van der Waals surface area contributed by atoms with Crippen LogP contribution in [0.2, 0.25) is 0 Å². The molecule has 40 heavy (non-hydrogen) atoms. The van der Waals surface area contributed by atoms with Crippen LogP contribution in [0.25, 0.3) is 10.8 Å². The van der Waals surface area contributed by atoms with Crippen molar-refractivity contribution >= 4 is 34.4 Å². The van der Waals surface area contributed by atoms with Gasteiger partial charge in [0.15, 0.2) is 0 Å². The average molecular weight is 546 g/mol. The molecule has 0 fully saturated rings. The Hall–Kier alpha value is -3.87. The fourth-order valence-corrected chi connectivity index (χ4v) is 4.84. The molecule has 0 aliphatic heterocycles. The van der Waals surface area contributed by atoms with Gasteiger partial charge in [0, 0.05) is 12.2 Å². The Morgan fingerprint density at radius 2 is 1.55 bits per heavy atom. The molecule has 3 aromatic carbocycles. The van der Waals surface area contributed by atoms with Crippen LogP contribution in [0, 0.1) is 13.8 Å². The third-order valence-corrected chi connectivity index (χ3v) is 6.75. The summed E-state index contributed by atoms with van der Waals surface area (Å²) < 4.78 is 5.33. The molecular formula is C33H43N3O4. The van der Waals surface area contributed by atoms with E-state index in [1.165, 1.54) is 0 Å². The Bertz CT molecular complexity index is 1310. The Balaban J connectivity index is 1.96. The first-order chi connectivity index (χ1) is 19.0. The molecular weight excluding hydrogens is 502 g/mol. The smallest absolute Gasteiger partial charge is 0.408 e. The first-order valence-corrected chi connectivity index (χ1v) is 14.1. The zero-order chi connectivity index (χ0) is 29.3. The minimum Gasteiger partial charge on any atom is -0.444 e. The van der Waals surface area contributed by atoms with Crippen molar-refractivity contribution < 1.29 is 19.1 Å². The van der Waals surface area contributed by atoms with E-state index in [2.05, 4.69) is 17.6 Å². The number of amides is 3. The van der Waals surface area contributed by atoms with Gasteiger partial charge in [-0.1, -0.05) is 74.7 Å². The molecule has 3 rings (SSSR count). The lowest BCUT2D eigenvalue weighted by molar-refractivity contribution is -0.138. The molecule has 2 N–H and O–H groups in total. The van der Waals surface area contributed by atoms with E-state index in [4.69, 9.17) is 4.74 Å². The van der Waals surface area contributed by atoms with Crippen LogP contribution in [0.1, 0.15) is 76.1 Å². The summed E-state index contributed by atoms with van der Waals surface area (Å²) in [5.41, 5.74) is 2.61. The molecule has 214 valence electrons. The van der Waals surface area contributed by atoms with Gasteiger partial charge in [-0.3, -0.25) is 9.59 Å². The highest BCUT2D eigenvalue weighted by Gasteiger charge is 2.33. The predicted molar refractivity (Wildman–Crippen MR) is 161 cm³/mol. The summed E-state index contributed by atoms with van der Waals surface area (Å²) in [6.07, 6.45) is 3.10. The number of benzene rings is 3. The number of nitrogens with zero attached hydrogens (tertiary/aromatic N) is 1. The molecule has 0 aliphatic rings. The third-order valence-electron chi connectivity index (χ3n) is 6.75. The van der Waals surface area contributed by atoms with E-state index in [9.17, 15) is 14.4 Å². The summed E-state index contributed by atoms with van der Waals surface area (Å²) in [4.78, 5) is 41.8. The van der Waals surface area contributed by atoms with Crippen LogP contribution in [0.15, 0.2) is 60.7 Å². The van der Waals surface area contributed by atoms with Gasteiger partial charge >= 0.3 is 6.09 Å². The van der Waals surface area contributed by atoms with Gasteiger partial charge in [0.05, 0.1) is 0 Å². The van der Waals surface area contributed by atoms with Crippen molar-refractivity contribution in [3.05, 3.63) is 77.4 Å². The molecule has 0 aliphatic carbocycles. The molecule has 0 heterocycles. The lowest BCUT2D eigenvalue weighted by atomic mass is 9.93. The molecule has 7 heteroatoms. The van der Waals surface area contributed by atoms with E-state index in [0.29, 0.717) is 12.2 Å². The van der Waals surface area contributed by atoms with Gasteiger partial charge in [0.2, 0.25) is 5.91 Å². The molecule has 1 atom stereocenters. The lowest BCUT2D eigenvalue weighted by Crippen LogP contribution is -2.47. The molecule has 0 bridgehead atoms. The monoisotopic (exact) mass is 545 g/mol. The summed E-state index contributed by atoms with van der Waals surface area (Å²) >= 11 is 0. The minimum atomic E-state index is -0.873. The number of carbonyl (C=O) groups is 3. The third kappa shape index (κ3) is 8.57. The second-order valence-electron chi connectivity index (χ2n) is 11.3. The van der Waals surface area contributed by atoms with Gasteiger partial charge in [0.1, 0.15) is 18.2 Å². The van der Waals surface area contributed by atoms with Crippen LogP contribution < -0.4 is 10.6 Å². The van der Waals surface area contributed by atoms with Gasteiger partial charge in [-0.25, -0.2) is 4.79 Å². The molecule has 0 aromatic heterocycles. The normalized spacial score (nSPS) is 12.1. The second kappa shape index (κ2) is 14.0. The maximum Gasteiger partial charge on any atom is 0.408 e. The number of fused-ring (bicyclic) bond motifs is 1. The van der Waals surface area contributed by atoms with Gasteiger partial charge in [-0.05, 0) is 80.6 Å². The van der Waals surface area contributed by atoms with Crippen molar-refractivity contribution in [1.82, 2.24) is 10.2 Å². The van der Waals surface area contributed by atoms with Crippen LogP contribution in [-0.4, -0.2) is 41.5 Å². The zero-order valence-electron chi connectivity index (χ0n) is 24.7. The Labute approximate surface area is 238 Å². The number of ether oxygens (including phenoxy) is 1.